The topological polar surface area (TPSA) is 29.0 Å². The maximum atomic E-state index is 3.81. The van der Waals surface area contributed by atoms with Crippen molar-refractivity contribution in [3.05, 3.63) is 18.5 Å². The van der Waals surface area contributed by atoms with Gasteiger partial charge in [-0.3, -0.25) is 0 Å². The Morgan fingerprint density at radius 2 is 2.55 bits per heavy atom. The van der Waals surface area contributed by atoms with Gasteiger partial charge in [-0.2, -0.15) is 0 Å². The maximum Gasteiger partial charge on any atom is 0.136 e. The number of hydrogen-bond donors (Lipinski definition) is 0. The monoisotopic (exact) mass is 167 g/mol. The van der Waals surface area contributed by atoms with Gasteiger partial charge in [-0.1, -0.05) is 10.6 Å². The van der Waals surface area contributed by atoms with E-state index in [9.17, 15) is 0 Å². The van der Waals surface area contributed by atoms with Gasteiger partial charge in [0.2, 0.25) is 0 Å². The first kappa shape index (κ1) is 6.79. The van der Waals surface area contributed by atoms with E-state index in [1.54, 1.807) is 6.20 Å². The molecule has 0 unspecified atom stereocenters. The molecule has 4 heteroatoms. The smallest absolute Gasteiger partial charge is 0.136 e. The highest BCUT2D eigenvalue weighted by Crippen LogP contribution is 2.20. The van der Waals surface area contributed by atoms with E-state index in [0.29, 0.717) is 0 Å². The number of nitrogens with zero attached hydrogens (tertiary/aromatic N) is 3. The fraction of sp³-hybridized carbons (Fsp3) is 0.429. The standard InChI is InChI=1S/C7H9N3S/c1-2-4-10(5-3-1)7-6-8-9-11-7/h2,4,6H,1,3,5H2. The van der Waals surface area contributed by atoms with Crippen molar-refractivity contribution < 1.29 is 0 Å². The van der Waals surface area contributed by atoms with Crippen LogP contribution in [0.15, 0.2) is 18.5 Å². The van der Waals surface area contributed by atoms with Crippen LogP contribution in [0, 0.1) is 0 Å². The van der Waals surface area contributed by atoms with Crippen molar-refractivity contribution >= 4 is 16.5 Å². The zero-order valence-electron chi connectivity index (χ0n) is 6.10. The lowest BCUT2D eigenvalue weighted by Gasteiger charge is -2.19. The molecule has 2 heterocycles. The highest BCUT2D eigenvalue weighted by Gasteiger charge is 2.07. The summed E-state index contributed by atoms with van der Waals surface area (Å²) in [5.41, 5.74) is 0. The molecule has 2 rings (SSSR count). The van der Waals surface area contributed by atoms with Crippen LogP contribution in [0.2, 0.25) is 0 Å². The normalized spacial score (nSPS) is 17.3. The van der Waals surface area contributed by atoms with Gasteiger partial charge in [-0.15, -0.1) is 5.10 Å². The molecule has 1 aliphatic rings. The first-order valence-electron chi connectivity index (χ1n) is 3.67. The number of anilines is 1. The summed E-state index contributed by atoms with van der Waals surface area (Å²) >= 11 is 1.44. The van der Waals surface area contributed by atoms with Crippen molar-refractivity contribution in [1.29, 1.82) is 0 Å². The lowest BCUT2D eigenvalue weighted by atomic mass is 10.2. The molecule has 1 aliphatic heterocycles. The highest BCUT2D eigenvalue weighted by molar-refractivity contribution is 7.09. The van der Waals surface area contributed by atoms with E-state index in [-0.39, 0.29) is 0 Å². The van der Waals surface area contributed by atoms with Crippen LogP contribution in [0.4, 0.5) is 5.00 Å². The summed E-state index contributed by atoms with van der Waals surface area (Å²) in [5.74, 6) is 0. The molecule has 0 aliphatic carbocycles. The van der Waals surface area contributed by atoms with Gasteiger partial charge in [0, 0.05) is 24.3 Å². The molecule has 0 aromatic carbocycles. The minimum atomic E-state index is 1.10. The number of rotatable bonds is 1. The second kappa shape index (κ2) is 3.00. The van der Waals surface area contributed by atoms with E-state index in [0.717, 1.165) is 11.5 Å². The molecule has 0 amide bonds. The summed E-state index contributed by atoms with van der Waals surface area (Å²) in [6, 6.07) is 0. The van der Waals surface area contributed by atoms with Gasteiger partial charge in [0.15, 0.2) is 0 Å². The lowest BCUT2D eigenvalue weighted by Crippen LogP contribution is -2.18. The maximum absolute atomic E-state index is 3.81. The van der Waals surface area contributed by atoms with Crippen molar-refractivity contribution in [3.8, 4) is 0 Å². The van der Waals surface area contributed by atoms with Gasteiger partial charge < -0.3 is 4.90 Å². The Kier molecular flexibility index (Phi) is 1.85. The number of aromatic nitrogens is 2. The summed E-state index contributed by atoms with van der Waals surface area (Å²) in [4.78, 5) is 2.19. The fourth-order valence-corrected chi connectivity index (χ4v) is 1.66. The number of allylic oxidation sites excluding steroid dienone is 1. The molecule has 0 spiro atoms. The van der Waals surface area contributed by atoms with E-state index >= 15 is 0 Å². The molecule has 58 valence electrons. The van der Waals surface area contributed by atoms with Gasteiger partial charge >= 0.3 is 0 Å². The van der Waals surface area contributed by atoms with Crippen molar-refractivity contribution in [1.82, 2.24) is 9.59 Å². The van der Waals surface area contributed by atoms with Gasteiger partial charge in [0.25, 0.3) is 0 Å². The van der Waals surface area contributed by atoms with E-state index in [1.165, 1.54) is 24.4 Å². The van der Waals surface area contributed by atoms with Crippen LogP contribution in [0.3, 0.4) is 0 Å². The average molecular weight is 167 g/mol. The summed E-state index contributed by atoms with van der Waals surface area (Å²) in [5, 5.41) is 4.93. The Bertz CT molecular complexity index is 242. The third kappa shape index (κ3) is 1.40. The lowest BCUT2D eigenvalue weighted by molar-refractivity contribution is 0.790. The first-order chi connectivity index (χ1) is 5.47. The molecular formula is C7H9N3S. The Balaban J connectivity index is 2.16. The molecule has 3 nitrogen and oxygen atoms in total. The third-order valence-corrected chi connectivity index (χ3v) is 2.39. The van der Waals surface area contributed by atoms with Crippen molar-refractivity contribution in [2.45, 2.75) is 12.8 Å². The predicted molar refractivity (Wildman–Crippen MR) is 45.6 cm³/mol. The molecule has 1 aromatic heterocycles. The molecule has 0 saturated carbocycles. The minimum absolute atomic E-state index is 1.10. The molecule has 0 bridgehead atoms. The van der Waals surface area contributed by atoms with Crippen molar-refractivity contribution in [2.24, 2.45) is 0 Å². The average Bonchev–Trinajstić information content (AvgIpc) is 2.58. The third-order valence-electron chi connectivity index (χ3n) is 1.69. The largest absolute Gasteiger partial charge is 0.338 e. The Morgan fingerprint density at radius 1 is 1.55 bits per heavy atom. The zero-order chi connectivity index (χ0) is 7.52. The van der Waals surface area contributed by atoms with E-state index < -0.39 is 0 Å². The van der Waals surface area contributed by atoms with Crippen LogP contribution in [0.1, 0.15) is 12.8 Å². The van der Waals surface area contributed by atoms with Gasteiger partial charge in [0.1, 0.15) is 5.00 Å². The van der Waals surface area contributed by atoms with Crippen molar-refractivity contribution in [2.75, 3.05) is 11.4 Å². The Labute approximate surface area is 69.5 Å². The summed E-state index contributed by atoms with van der Waals surface area (Å²) in [7, 11) is 0. The second-order valence-electron chi connectivity index (χ2n) is 2.48. The van der Waals surface area contributed by atoms with E-state index in [4.69, 9.17) is 0 Å². The number of hydrogen-bond acceptors (Lipinski definition) is 4. The predicted octanol–water partition coefficient (Wildman–Crippen LogP) is 1.65. The van der Waals surface area contributed by atoms with Gasteiger partial charge in [-0.05, 0) is 12.8 Å². The first-order valence-corrected chi connectivity index (χ1v) is 4.45. The molecule has 0 fully saturated rings. The summed E-state index contributed by atoms with van der Waals surface area (Å²) in [6.07, 6.45) is 8.53. The molecule has 0 saturated heterocycles. The van der Waals surface area contributed by atoms with Crippen LogP contribution >= 0.6 is 11.5 Å². The van der Waals surface area contributed by atoms with E-state index in [2.05, 4.69) is 26.8 Å². The molecule has 0 N–H and O–H groups in total. The minimum Gasteiger partial charge on any atom is -0.338 e. The molecule has 1 aromatic rings. The molecule has 11 heavy (non-hydrogen) atoms. The van der Waals surface area contributed by atoms with Crippen LogP contribution in [-0.2, 0) is 0 Å². The Morgan fingerprint density at radius 3 is 3.18 bits per heavy atom. The Hall–Kier alpha value is -0.900. The van der Waals surface area contributed by atoms with Crippen LogP contribution in [0.5, 0.6) is 0 Å². The van der Waals surface area contributed by atoms with Gasteiger partial charge in [0.05, 0.1) is 6.20 Å². The molecule has 0 atom stereocenters. The quantitative estimate of drug-likeness (QED) is 0.637. The summed E-state index contributed by atoms with van der Waals surface area (Å²) in [6.45, 7) is 1.10. The van der Waals surface area contributed by atoms with Crippen molar-refractivity contribution in [3.63, 3.8) is 0 Å². The van der Waals surface area contributed by atoms with E-state index in [1.807, 2.05) is 0 Å². The summed E-state index contributed by atoms with van der Waals surface area (Å²) < 4.78 is 3.81. The van der Waals surface area contributed by atoms with Crippen LogP contribution in [-0.4, -0.2) is 16.1 Å². The van der Waals surface area contributed by atoms with Crippen LogP contribution in [0.25, 0.3) is 0 Å². The zero-order valence-corrected chi connectivity index (χ0v) is 6.92. The SMILES string of the molecule is C1=CN(c2cnns2)CCC1. The van der Waals surface area contributed by atoms with Crippen LogP contribution < -0.4 is 4.90 Å². The fourth-order valence-electron chi connectivity index (χ4n) is 1.13. The van der Waals surface area contributed by atoms with Gasteiger partial charge in [-0.25, -0.2) is 0 Å². The highest BCUT2D eigenvalue weighted by atomic mass is 32.1. The molecular weight excluding hydrogens is 158 g/mol. The molecule has 0 radical (unpaired) electrons. The second-order valence-corrected chi connectivity index (χ2v) is 3.24.